The Balaban J connectivity index is 1.50. The first-order valence-corrected chi connectivity index (χ1v) is 8.75. The summed E-state index contributed by atoms with van der Waals surface area (Å²) in [7, 11) is 0. The molecule has 1 N–H and O–H groups in total. The van der Waals surface area contributed by atoms with Crippen molar-refractivity contribution in [2.24, 2.45) is 0 Å². The first-order valence-electron chi connectivity index (χ1n) is 8.75. The second kappa shape index (κ2) is 7.11. The highest BCUT2D eigenvalue weighted by atomic mass is 16.6. The molecule has 0 radical (unpaired) electrons. The van der Waals surface area contributed by atoms with E-state index in [-0.39, 0.29) is 23.9 Å². The highest BCUT2D eigenvalue weighted by Crippen LogP contribution is 2.32. The van der Waals surface area contributed by atoms with Gasteiger partial charge in [-0.05, 0) is 36.8 Å². The summed E-state index contributed by atoms with van der Waals surface area (Å²) in [6.07, 6.45) is 1.24. The molecule has 0 bridgehead atoms. The molecule has 0 aliphatic carbocycles. The van der Waals surface area contributed by atoms with Crippen molar-refractivity contribution in [3.63, 3.8) is 0 Å². The largest absolute Gasteiger partial charge is 0.486 e. The quantitative estimate of drug-likeness (QED) is 0.765. The number of amides is 1. The monoisotopic (exact) mass is 365 g/mol. The van der Waals surface area contributed by atoms with Crippen molar-refractivity contribution in [3.05, 3.63) is 64.4 Å². The molecule has 3 aromatic rings. The van der Waals surface area contributed by atoms with Gasteiger partial charge >= 0.3 is 0 Å². The Kier molecular flexibility index (Phi) is 4.50. The molecule has 0 spiro atoms. The molecule has 4 rings (SSSR count). The number of para-hydroxylation sites is 1. The summed E-state index contributed by atoms with van der Waals surface area (Å²) < 4.78 is 12.6. The van der Waals surface area contributed by atoms with Gasteiger partial charge in [-0.25, -0.2) is 0 Å². The standard InChI is InChI=1S/C20H19N3O4/c1-13(14-6-7-18-19(10-14)27-9-8-26-18)22-20(25)12-23-16-5-3-2-4-15(16)17(24)11-21-23/h2-7,10-11,13H,8-9,12H2,1H3,(H,22,25). The minimum absolute atomic E-state index is 0.0235. The molecule has 138 valence electrons. The average molecular weight is 365 g/mol. The third kappa shape index (κ3) is 3.48. The van der Waals surface area contributed by atoms with E-state index < -0.39 is 0 Å². The number of hydrogen-bond donors (Lipinski definition) is 1. The lowest BCUT2D eigenvalue weighted by molar-refractivity contribution is -0.122. The van der Waals surface area contributed by atoms with Crippen LogP contribution in [0.25, 0.3) is 10.9 Å². The number of benzene rings is 2. The van der Waals surface area contributed by atoms with Crippen LogP contribution in [0.1, 0.15) is 18.5 Å². The van der Waals surface area contributed by atoms with E-state index in [2.05, 4.69) is 10.4 Å². The fraction of sp³-hybridized carbons (Fsp3) is 0.250. The van der Waals surface area contributed by atoms with E-state index in [0.29, 0.717) is 35.6 Å². The van der Waals surface area contributed by atoms with Gasteiger partial charge in [-0.1, -0.05) is 18.2 Å². The minimum atomic E-state index is -0.209. The van der Waals surface area contributed by atoms with Crippen LogP contribution in [0.3, 0.4) is 0 Å². The molecular weight excluding hydrogens is 346 g/mol. The zero-order valence-corrected chi connectivity index (χ0v) is 14.8. The lowest BCUT2D eigenvalue weighted by Crippen LogP contribution is -2.31. The SMILES string of the molecule is CC(NC(=O)Cn1ncc(=O)c2ccccc21)c1ccc2c(c1)OCCO2. The van der Waals surface area contributed by atoms with Crippen LogP contribution in [0, 0.1) is 0 Å². The van der Waals surface area contributed by atoms with Gasteiger partial charge in [0.25, 0.3) is 0 Å². The Bertz CT molecular complexity index is 1060. The van der Waals surface area contributed by atoms with Crippen molar-refractivity contribution in [2.45, 2.75) is 19.5 Å². The smallest absolute Gasteiger partial charge is 0.242 e. The van der Waals surface area contributed by atoms with Crippen molar-refractivity contribution in [2.75, 3.05) is 13.2 Å². The van der Waals surface area contributed by atoms with E-state index in [9.17, 15) is 9.59 Å². The Hall–Kier alpha value is -3.35. The second-order valence-electron chi connectivity index (χ2n) is 6.38. The molecule has 1 aromatic heterocycles. The summed E-state index contributed by atoms with van der Waals surface area (Å²) in [5.74, 6) is 1.21. The lowest BCUT2D eigenvalue weighted by atomic mass is 10.1. The molecule has 1 aliphatic rings. The third-order valence-corrected chi connectivity index (χ3v) is 4.50. The maximum Gasteiger partial charge on any atom is 0.242 e. The van der Waals surface area contributed by atoms with Crippen LogP contribution in [-0.2, 0) is 11.3 Å². The number of carbonyl (C=O) groups is 1. The highest BCUT2D eigenvalue weighted by Gasteiger charge is 2.16. The molecular formula is C20H19N3O4. The van der Waals surface area contributed by atoms with Gasteiger partial charge in [0, 0.05) is 5.39 Å². The van der Waals surface area contributed by atoms with Gasteiger partial charge in [0.05, 0.1) is 17.8 Å². The van der Waals surface area contributed by atoms with E-state index in [1.165, 1.54) is 10.9 Å². The molecule has 0 saturated carbocycles. The molecule has 1 amide bonds. The van der Waals surface area contributed by atoms with Crippen molar-refractivity contribution >= 4 is 16.8 Å². The molecule has 0 saturated heterocycles. The van der Waals surface area contributed by atoms with Gasteiger partial charge in [-0.3, -0.25) is 14.3 Å². The Morgan fingerprint density at radius 2 is 1.96 bits per heavy atom. The maximum atomic E-state index is 12.5. The zero-order chi connectivity index (χ0) is 18.8. The van der Waals surface area contributed by atoms with Crippen LogP contribution in [-0.4, -0.2) is 28.9 Å². The molecule has 2 aromatic carbocycles. The second-order valence-corrected chi connectivity index (χ2v) is 6.38. The molecule has 1 atom stereocenters. The normalized spacial score (nSPS) is 14.0. The fourth-order valence-corrected chi connectivity index (χ4v) is 3.12. The maximum absolute atomic E-state index is 12.5. The van der Waals surface area contributed by atoms with Crippen LogP contribution in [0.2, 0.25) is 0 Å². The first-order chi connectivity index (χ1) is 13.1. The number of ether oxygens (including phenoxy) is 2. The molecule has 1 aliphatic heterocycles. The van der Waals surface area contributed by atoms with Gasteiger partial charge < -0.3 is 14.8 Å². The summed E-state index contributed by atoms with van der Waals surface area (Å²) in [5, 5.41) is 7.59. The number of aromatic nitrogens is 2. The molecule has 2 heterocycles. The number of hydrogen-bond acceptors (Lipinski definition) is 5. The van der Waals surface area contributed by atoms with Crippen molar-refractivity contribution in [1.29, 1.82) is 0 Å². The molecule has 7 heteroatoms. The van der Waals surface area contributed by atoms with Crippen LogP contribution >= 0.6 is 0 Å². The van der Waals surface area contributed by atoms with E-state index in [1.807, 2.05) is 31.2 Å². The number of carbonyl (C=O) groups excluding carboxylic acids is 1. The predicted molar refractivity (Wildman–Crippen MR) is 100.0 cm³/mol. The van der Waals surface area contributed by atoms with Crippen LogP contribution in [0.15, 0.2) is 53.5 Å². The fourth-order valence-electron chi connectivity index (χ4n) is 3.12. The van der Waals surface area contributed by atoms with E-state index >= 15 is 0 Å². The van der Waals surface area contributed by atoms with Crippen molar-refractivity contribution in [3.8, 4) is 11.5 Å². The number of nitrogens with one attached hydrogen (secondary N) is 1. The predicted octanol–water partition coefficient (Wildman–Crippen LogP) is 2.05. The van der Waals surface area contributed by atoms with Crippen molar-refractivity contribution < 1.29 is 14.3 Å². The van der Waals surface area contributed by atoms with Crippen molar-refractivity contribution in [1.82, 2.24) is 15.1 Å². The minimum Gasteiger partial charge on any atom is -0.486 e. The zero-order valence-electron chi connectivity index (χ0n) is 14.8. The third-order valence-electron chi connectivity index (χ3n) is 4.50. The van der Waals surface area contributed by atoms with E-state index in [4.69, 9.17) is 9.47 Å². The topological polar surface area (TPSA) is 82.5 Å². The van der Waals surface area contributed by atoms with Gasteiger partial charge in [0.15, 0.2) is 11.5 Å². The highest BCUT2D eigenvalue weighted by molar-refractivity contribution is 5.81. The Morgan fingerprint density at radius 3 is 2.81 bits per heavy atom. The summed E-state index contributed by atoms with van der Waals surface area (Å²) in [4.78, 5) is 24.4. The molecule has 0 fully saturated rings. The Morgan fingerprint density at radius 1 is 1.19 bits per heavy atom. The number of nitrogens with zero attached hydrogens (tertiary/aromatic N) is 2. The number of rotatable bonds is 4. The van der Waals surface area contributed by atoms with Gasteiger partial charge in [-0.2, -0.15) is 5.10 Å². The molecule has 7 nitrogen and oxygen atoms in total. The van der Waals surface area contributed by atoms with Crippen LogP contribution in [0.4, 0.5) is 0 Å². The first kappa shape index (κ1) is 17.1. The summed E-state index contributed by atoms with van der Waals surface area (Å²) >= 11 is 0. The molecule has 1 unspecified atom stereocenters. The van der Waals surface area contributed by atoms with Gasteiger partial charge in [-0.15, -0.1) is 0 Å². The average Bonchev–Trinajstić information content (AvgIpc) is 2.70. The number of fused-ring (bicyclic) bond motifs is 2. The molecule has 27 heavy (non-hydrogen) atoms. The Labute approximate surface area is 155 Å². The van der Waals surface area contributed by atoms with Crippen LogP contribution in [0.5, 0.6) is 11.5 Å². The van der Waals surface area contributed by atoms with Gasteiger partial charge in [0.2, 0.25) is 11.3 Å². The summed E-state index contributed by atoms with van der Waals surface area (Å²) in [6, 6.07) is 12.5. The van der Waals surface area contributed by atoms with Crippen LogP contribution < -0.4 is 20.2 Å². The summed E-state index contributed by atoms with van der Waals surface area (Å²) in [5.41, 5.74) is 1.39. The van der Waals surface area contributed by atoms with E-state index in [0.717, 1.165) is 5.56 Å². The lowest BCUT2D eigenvalue weighted by Gasteiger charge is -2.21. The summed E-state index contributed by atoms with van der Waals surface area (Å²) in [6.45, 7) is 2.98. The van der Waals surface area contributed by atoms with Gasteiger partial charge in [0.1, 0.15) is 19.8 Å². The van der Waals surface area contributed by atoms with E-state index in [1.54, 1.807) is 18.2 Å².